The van der Waals surface area contributed by atoms with Crippen LogP contribution in [0, 0.1) is 5.82 Å². The largest absolute Gasteiger partial charge is 0.546 e. The van der Waals surface area contributed by atoms with Gasteiger partial charge in [0.25, 0.3) is 0 Å². The fourth-order valence-corrected chi connectivity index (χ4v) is 0.972. The molecular weight excluding hydrogens is 219 g/mol. The average molecular weight is 227 g/mol. The van der Waals surface area contributed by atoms with Crippen LogP contribution in [0.4, 0.5) is 4.39 Å². The van der Waals surface area contributed by atoms with Crippen LogP contribution in [-0.4, -0.2) is 18.5 Å². The van der Waals surface area contributed by atoms with Gasteiger partial charge >= 0.3 is 5.97 Å². The molecular formula is C10H8FO5-. The first-order valence-corrected chi connectivity index (χ1v) is 4.29. The molecule has 0 heterocycles. The summed E-state index contributed by atoms with van der Waals surface area (Å²) in [5.74, 6) is -2.94. The van der Waals surface area contributed by atoms with Gasteiger partial charge in [0.1, 0.15) is 12.4 Å². The molecule has 1 aromatic carbocycles. The van der Waals surface area contributed by atoms with Gasteiger partial charge in [-0.15, -0.1) is 0 Å². The Balaban J connectivity index is 2.88. The number of ether oxygens (including phenoxy) is 2. The minimum Gasteiger partial charge on any atom is -0.546 e. The zero-order chi connectivity index (χ0) is 12.1. The van der Waals surface area contributed by atoms with Gasteiger partial charge in [-0.2, -0.15) is 0 Å². The van der Waals surface area contributed by atoms with E-state index in [0.29, 0.717) is 0 Å². The van der Waals surface area contributed by atoms with E-state index in [1.165, 1.54) is 0 Å². The van der Waals surface area contributed by atoms with E-state index in [2.05, 4.69) is 4.74 Å². The van der Waals surface area contributed by atoms with Crippen LogP contribution in [0.15, 0.2) is 18.2 Å². The van der Waals surface area contributed by atoms with Crippen molar-refractivity contribution in [1.82, 2.24) is 0 Å². The van der Waals surface area contributed by atoms with Gasteiger partial charge in [-0.1, -0.05) is 0 Å². The second-order valence-corrected chi connectivity index (χ2v) is 2.85. The molecule has 6 heteroatoms. The molecule has 0 aromatic heterocycles. The molecule has 0 fully saturated rings. The van der Waals surface area contributed by atoms with Gasteiger partial charge in [-0.25, -0.2) is 4.39 Å². The Morgan fingerprint density at radius 3 is 2.62 bits per heavy atom. The first-order valence-electron chi connectivity index (χ1n) is 4.29. The zero-order valence-corrected chi connectivity index (χ0v) is 8.36. The smallest absolute Gasteiger partial charge is 0.308 e. The van der Waals surface area contributed by atoms with Gasteiger partial charge in [0.2, 0.25) is 0 Å². The van der Waals surface area contributed by atoms with Gasteiger partial charge in [-0.05, 0) is 12.1 Å². The number of esters is 1. The minimum absolute atomic E-state index is 0.0409. The molecule has 86 valence electrons. The zero-order valence-electron chi connectivity index (χ0n) is 8.36. The van der Waals surface area contributed by atoms with Crippen LogP contribution in [0.2, 0.25) is 0 Å². The summed E-state index contributed by atoms with van der Waals surface area (Å²) in [6.07, 6.45) is 0. The van der Waals surface area contributed by atoms with E-state index in [0.717, 1.165) is 25.1 Å². The van der Waals surface area contributed by atoms with Crippen molar-refractivity contribution in [3.8, 4) is 11.5 Å². The molecule has 16 heavy (non-hydrogen) atoms. The van der Waals surface area contributed by atoms with Crippen molar-refractivity contribution >= 4 is 11.9 Å². The summed E-state index contributed by atoms with van der Waals surface area (Å²) in [5, 5.41) is 10.2. The Kier molecular flexibility index (Phi) is 3.82. The van der Waals surface area contributed by atoms with E-state index in [4.69, 9.17) is 4.74 Å². The molecule has 1 aromatic rings. The van der Waals surface area contributed by atoms with E-state index in [9.17, 15) is 19.1 Å². The molecule has 0 bridgehead atoms. The predicted molar refractivity (Wildman–Crippen MR) is 48.2 cm³/mol. The number of benzene rings is 1. The van der Waals surface area contributed by atoms with E-state index in [1.807, 2.05) is 0 Å². The molecule has 0 atom stereocenters. The normalized spacial score (nSPS) is 9.62. The highest BCUT2D eigenvalue weighted by Gasteiger charge is 2.09. The van der Waals surface area contributed by atoms with E-state index in [1.54, 1.807) is 0 Å². The maximum Gasteiger partial charge on any atom is 0.308 e. The maximum absolute atomic E-state index is 12.8. The molecule has 0 radical (unpaired) electrons. The van der Waals surface area contributed by atoms with Crippen LogP contribution in [0.1, 0.15) is 6.92 Å². The Bertz CT molecular complexity index is 416. The Morgan fingerprint density at radius 1 is 1.38 bits per heavy atom. The Hall–Kier alpha value is -2.11. The quantitative estimate of drug-likeness (QED) is 0.529. The molecule has 0 aliphatic rings. The van der Waals surface area contributed by atoms with Gasteiger partial charge in [0, 0.05) is 13.0 Å². The number of carboxylic acids is 1. The number of carbonyl (C=O) groups excluding carboxylic acids is 2. The van der Waals surface area contributed by atoms with Crippen LogP contribution in [0.25, 0.3) is 0 Å². The maximum atomic E-state index is 12.8. The Labute approximate surface area is 90.4 Å². The molecule has 5 nitrogen and oxygen atoms in total. The first kappa shape index (κ1) is 12.0. The lowest BCUT2D eigenvalue weighted by molar-refractivity contribution is -0.307. The van der Waals surface area contributed by atoms with Gasteiger partial charge < -0.3 is 19.4 Å². The molecule has 1 rings (SSSR count). The van der Waals surface area contributed by atoms with Crippen molar-refractivity contribution in [3.63, 3.8) is 0 Å². The molecule has 0 saturated heterocycles. The fourth-order valence-electron chi connectivity index (χ4n) is 0.972. The van der Waals surface area contributed by atoms with Gasteiger partial charge in [0.15, 0.2) is 11.5 Å². The molecule has 0 spiro atoms. The van der Waals surface area contributed by atoms with Crippen molar-refractivity contribution in [2.75, 3.05) is 6.61 Å². The van der Waals surface area contributed by atoms with Crippen molar-refractivity contribution < 1.29 is 28.6 Å². The van der Waals surface area contributed by atoms with Crippen LogP contribution >= 0.6 is 0 Å². The topological polar surface area (TPSA) is 75.7 Å². The van der Waals surface area contributed by atoms with Gasteiger partial charge in [-0.3, -0.25) is 4.79 Å². The number of rotatable bonds is 4. The van der Waals surface area contributed by atoms with Crippen molar-refractivity contribution in [2.45, 2.75) is 6.92 Å². The first-order chi connectivity index (χ1) is 7.49. The van der Waals surface area contributed by atoms with Crippen LogP contribution in [0.5, 0.6) is 11.5 Å². The van der Waals surface area contributed by atoms with Crippen molar-refractivity contribution in [1.29, 1.82) is 0 Å². The average Bonchev–Trinajstić information content (AvgIpc) is 2.15. The highest BCUT2D eigenvalue weighted by atomic mass is 19.1. The monoisotopic (exact) mass is 227 g/mol. The molecule has 0 aliphatic heterocycles. The third-order valence-corrected chi connectivity index (χ3v) is 1.50. The van der Waals surface area contributed by atoms with Crippen LogP contribution in [-0.2, 0) is 9.59 Å². The highest BCUT2D eigenvalue weighted by Crippen LogP contribution is 2.27. The number of hydrogen-bond acceptors (Lipinski definition) is 5. The lowest BCUT2D eigenvalue weighted by Gasteiger charge is -2.11. The number of carboxylic acid groups (broad SMARTS) is 1. The lowest BCUT2D eigenvalue weighted by Crippen LogP contribution is -2.29. The molecule has 0 unspecified atom stereocenters. The number of aliphatic carboxylic acids is 1. The third-order valence-electron chi connectivity index (χ3n) is 1.50. The SMILES string of the molecule is CC(=O)Oc1cc(F)ccc1OCC(=O)[O-]. The second-order valence-electron chi connectivity index (χ2n) is 2.85. The lowest BCUT2D eigenvalue weighted by atomic mass is 10.3. The van der Waals surface area contributed by atoms with Crippen LogP contribution in [0.3, 0.4) is 0 Å². The van der Waals surface area contributed by atoms with Crippen LogP contribution < -0.4 is 14.6 Å². The summed E-state index contributed by atoms with van der Waals surface area (Å²) >= 11 is 0. The predicted octanol–water partition coefficient (Wildman–Crippen LogP) is -0.120. The standard InChI is InChI=1S/C10H9FO5/c1-6(12)16-9-4-7(11)2-3-8(9)15-5-10(13)14/h2-4H,5H2,1H3,(H,13,14)/p-1. The summed E-state index contributed by atoms with van der Waals surface area (Å²) < 4.78 is 22.2. The fraction of sp³-hybridized carbons (Fsp3) is 0.200. The molecule has 0 amide bonds. The summed E-state index contributed by atoms with van der Waals surface area (Å²) in [6, 6.07) is 3.14. The summed E-state index contributed by atoms with van der Waals surface area (Å²) in [7, 11) is 0. The summed E-state index contributed by atoms with van der Waals surface area (Å²) in [5.41, 5.74) is 0. The highest BCUT2D eigenvalue weighted by molar-refractivity contribution is 5.70. The number of carbonyl (C=O) groups is 2. The molecule has 0 N–H and O–H groups in total. The second kappa shape index (κ2) is 5.11. The number of hydrogen-bond donors (Lipinski definition) is 0. The third kappa shape index (κ3) is 3.56. The van der Waals surface area contributed by atoms with Gasteiger partial charge in [0.05, 0.1) is 5.97 Å². The Morgan fingerprint density at radius 2 is 2.06 bits per heavy atom. The summed E-state index contributed by atoms with van der Waals surface area (Å²) in [6.45, 7) is 0.424. The minimum atomic E-state index is -1.43. The van der Waals surface area contributed by atoms with E-state index < -0.39 is 24.4 Å². The van der Waals surface area contributed by atoms with E-state index in [-0.39, 0.29) is 11.5 Å². The van der Waals surface area contributed by atoms with E-state index >= 15 is 0 Å². The molecule has 0 saturated carbocycles. The van der Waals surface area contributed by atoms with Crippen molar-refractivity contribution in [3.05, 3.63) is 24.0 Å². The number of halogens is 1. The molecule has 0 aliphatic carbocycles. The van der Waals surface area contributed by atoms with Crippen molar-refractivity contribution in [2.24, 2.45) is 0 Å². The summed E-state index contributed by atoms with van der Waals surface area (Å²) in [4.78, 5) is 20.8.